The summed E-state index contributed by atoms with van der Waals surface area (Å²) < 4.78 is 1.85. The highest BCUT2D eigenvalue weighted by atomic mass is 16.2. The zero-order chi connectivity index (χ0) is 21.1. The van der Waals surface area contributed by atoms with Crippen molar-refractivity contribution in [1.29, 1.82) is 5.26 Å². The molecule has 0 saturated heterocycles. The van der Waals surface area contributed by atoms with Crippen LogP contribution in [0, 0.1) is 18.3 Å². The Bertz CT molecular complexity index is 1170. The van der Waals surface area contributed by atoms with Crippen LogP contribution < -0.4 is 0 Å². The van der Waals surface area contributed by atoms with E-state index >= 15 is 0 Å². The molecule has 7 heteroatoms. The molecule has 0 saturated carbocycles. The molecule has 1 aromatic carbocycles. The minimum atomic E-state index is -0.0942. The lowest BCUT2D eigenvalue weighted by atomic mass is 10.1. The number of fused-ring (bicyclic) bond motifs is 1. The number of hydrazone groups is 1. The number of hydrogen-bond donors (Lipinski definition) is 0. The summed E-state index contributed by atoms with van der Waals surface area (Å²) in [7, 11) is 0. The number of allylic oxidation sites excluding steroid dienone is 1. The highest BCUT2D eigenvalue weighted by molar-refractivity contribution is 5.81. The van der Waals surface area contributed by atoms with E-state index in [2.05, 4.69) is 27.8 Å². The fourth-order valence-electron chi connectivity index (χ4n) is 3.58. The van der Waals surface area contributed by atoms with Crippen molar-refractivity contribution >= 4 is 23.0 Å². The summed E-state index contributed by atoms with van der Waals surface area (Å²) in [6.45, 7) is 6.59. The van der Waals surface area contributed by atoms with E-state index in [9.17, 15) is 4.79 Å². The van der Waals surface area contributed by atoms with Gasteiger partial charge in [0.05, 0.1) is 35.9 Å². The first-order chi connectivity index (χ1) is 14.5. The molecule has 3 heterocycles. The smallest absolute Gasteiger partial charge is 0.243 e. The average Bonchev–Trinajstić information content (AvgIpc) is 3.40. The van der Waals surface area contributed by atoms with E-state index in [0.29, 0.717) is 31.4 Å². The second-order valence-electron chi connectivity index (χ2n) is 7.46. The summed E-state index contributed by atoms with van der Waals surface area (Å²) in [4.78, 5) is 17.1. The van der Waals surface area contributed by atoms with E-state index in [0.717, 1.165) is 27.7 Å². The maximum atomic E-state index is 12.8. The number of carbonyl (C=O) groups is 1. The van der Waals surface area contributed by atoms with Crippen LogP contribution in [0.4, 0.5) is 0 Å². The second-order valence-corrected chi connectivity index (χ2v) is 7.46. The van der Waals surface area contributed by atoms with Crippen LogP contribution in [0.2, 0.25) is 0 Å². The third kappa shape index (κ3) is 3.98. The topological polar surface area (TPSA) is 87.2 Å². The van der Waals surface area contributed by atoms with Crippen molar-refractivity contribution in [3.05, 3.63) is 71.7 Å². The SMILES string of the molecule is C=C(CCC(=O)N1N=CCC1c1ccc(C)nc1)Cn1ncc2cc(C#N)ccc21. The number of pyridine rings is 1. The molecule has 3 aromatic rings. The van der Waals surface area contributed by atoms with Crippen LogP contribution in [-0.4, -0.2) is 31.9 Å². The zero-order valence-corrected chi connectivity index (χ0v) is 16.8. The summed E-state index contributed by atoms with van der Waals surface area (Å²) in [5, 5.41) is 20.2. The Morgan fingerprint density at radius 1 is 1.27 bits per heavy atom. The minimum absolute atomic E-state index is 0.0283. The first kappa shape index (κ1) is 19.5. The van der Waals surface area contributed by atoms with E-state index in [1.165, 1.54) is 0 Å². The number of aromatic nitrogens is 3. The monoisotopic (exact) mass is 398 g/mol. The number of benzene rings is 1. The minimum Gasteiger partial charge on any atom is -0.273 e. The molecular formula is C23H22N6O. The number of amides is 1. The van der Waals surface area contributed by atoms with Crippen molar-refractivity contribution < 1.29 is 4.79 Å². The van der Waals surface area contributed by atoms with Gasteiger partial charge in [0.25, 0.3) is 0 Å². The largest absolute Gasteiger partial charge is 0.273 e. The molecule has 1 amide bonds. The van der Waals surface area contributed by atoms with Gasteiger partial charge in [-0.1, -0.05) is 18.2 Å². The molecule has 0 fully saturated rings. The van der Waals surface area contributed by atoms with Gasteiger partial charge in [0.2, 0.25) is 5.91 Å². The number of nitrogens with zero attached hydrogens (tertiary/aromatic N) is 6. The quantitative estimate of drug-likeness (QED) is 0.589. The van der Waals surface area contributed by atoms with Gasteiger partial charge in [-0.15, -0.1) is 0 Å². The molecule has 7 nitrogen and oxygen atoms in total. The fraction of sp³-hybridized carbons (Fsp3) is 0.261. The van der Waals surface area contributed by atoms with E-state index in [1.807, 2.05) is 42.1 Å². The van der Waals surface area contributed by atoms with Crippen molar-refractivity contribution in [2.45, 2.75) is 38.8 Å². The van der Waals surface area contributed by atoms with Gasteiger partial charge >= 0.3 is 0 Å². The Morgan fingerprint density at radius 3 is 2.90 bits per heavy atom. The van der Waals surface area contributed by atoms with Crippen LogP contribution in [0.25, 0.3) is 10.9 Å². The van der Waals surface area contributed by atoms with Crippen LogP contribution in [0.1, 0.15) is 42.1 Å². The van der Waals surface area contributed by atoms with E-state index in [1.54, 1.807) is 23.5 Å². The van der Waals surface area contributed by atoms with Crippen molar-refractivity contribution in [2.75, 3.05) is 0 Å². The van der Waals surface area contributed by atoms with Gasteiger partial charge in [-0.25, -0.2) is 5.01 Å². The van der Waals surface area contributed by atoms with Gasteiger partial charge in [0.1, 0.15) is 0 Å². The predicted octanol–water partition coefficient (Wildman–Crippen LogP) is 3.91. The fourth-order valence-corrected chi connectivity index (χ4v) is 3.58. The normalized spacial score (nSPS) is 15.5. The van der Waals surface area contributed by atoms with E-state index < -0.39 is 0 Å². The highest BCUT2D eigenvalue weighted by Crippen LogP contribution is 2.29. The molecule has 30 heavy (non-hydrogen) atoms. The zero-order valence-electron chi connectivity index (χ0n) is 16.8. The van der Waals surface area contributed by atoms with Gasteiger partial charge in [-0.2, -0.15) is 15.5 Å². The van der Waals surface area contributed by atoms with Crippen LogP contribution in [0.3, 0.4) is 0 Å². The molecule has 1 unspecified atom stereocenters. The lowest BCUT2D eigenvalue weighted by Crippen LogP contribution is -2.27. The molecule has 2 aromatic heterocycles. The Balaban J connectivity index is 1.36. The maximum absolute atomic E-state index is 12.8. The van der Waals surface area contributed by atoms with Crippen LogP contribution in [0.5, 0.6) is 0 Å². The lowest BCUT2D eigenvalue weighted by Gasteiger charge is -2.22. The second kappa shape index (κ2) is 8.29. The van der Waals surface area contributed by atoms with Crippen molar-refractivity contribution in [2.24, 2.45) is 5.10 Å². The average molecular weight is 398 g/mol. The Morgan fingerprint density at radius 2 is 2.13 bits per heavy atom. The first-order valence-corrected chi connectivity index (χ1v) is 9.84. The van der Waals surface area contributed by atoms with Crippen LogP contribution in [0.15, 0.2) is 60.0 Å². The first-order valence-electron chi connectivity index (χ1n) is 9.84. The number of rotatable bonds is 6. The van der Waals surface area contributed by atoms with Gasteiger partial charge in [-0.3, -0.25) is 14.5 Å². The predicted molar refractivity (Wildman–Crippen MR) is 114 cm³/mol. The molecule has 1 aliphatic rings. The maximum Gasteiger partial charge on any atom is 0.243 e. The van der Waals surface area contributed by atoms with Gasteiger partial charge in [0.15, 0.2) is 0 Å². The van der Waals surface area contributed by atoms with E-state index in [-0.39, 0.29) is 11.9 Å². The van der Waals surface area contributed by atoms with Crippen molar-refractivity contribution in [1.82, 2.24) is 19.8 Å². The van der Waals surface area contributed by atoms with E-state index in [4.69, 9.17) is 5.26 Å². The highest BCUT2D eigenvalue weighted by Gasteiger charge is 2.28. The molecule has 4 rings (SSSR count). The summed E-state index contributed by atoms with van der Waals surface area (Å²) >= 11 is 0. The molecule has 150 valence electrons. The Kier molecular flexibility index (Phi) is 5.40. The molecule has 0 bridgehead atoms. The number of hydrogen-bond acceptors (Lipinski definition) is 5. The Labute approximate surface area is 174 Å². The summed E-state index contributed by atoms with van der Waals surface area (Å²) in [5.41, 5.74) is 4.40. The molecule has 1 atom stereocenters. The summed E-state index contributed by atoms with van der Waals surface area (Å²) in [6.07, 6.45) is 6.93. The molecule has 0 spiro atoms. The van der Waals surface area contributed by atoms with Gasteiger partial charge in [-0.05, 0) is 43.2 Å². The molecule has 0 radical (unpaired) electrons. The number of nitriles is 1. The van der Waals surface area contributed by atoms with Crippen molar-refractivity contribution in [3.63, 3.8) is 0 Å². The molecule has 0 N–H and O–H groups in total. The Hall–Kier alpha value is -3.79. The summed E-state index contributed by atoms with van der Waals surface area (Å²) in [6, 6.07) is 11.5. The van der Waals surface area contributed by atoms with Crippen LogP contribution >= 0.6 is 0 Å². The molecular weight excluding hydrogens is 376 g/mol. The van der Waals surface area contributed by atoms with Gasteiger partial charge in [0, 0.05) is 36.3 Å². The molecule has 0 aliphatic carbocycles. The van der Waals surface area contributed by atoms with Crippen LogP contribution in [-0.2, 0) is 11.3 Å². The number of carbonyl (C=O) groups excluding carboxylic acids is 1. The van der Waals surface area contributed by atoms with Crippen molar-refractivity contribution in [3.8, 4) is 6.07 Å². The molecule has 1 aliphatic heterocycles. The lowest BCUT2D eigenvalue weighted by molar-refractivity contribution is -0.133. The third-order valence-corrected chi connectivity index (χ3v) is 5.24. The summed E-state index contributed by atoms with van der Waals surface area (Å²) in [5.74, 6) is -0.0283. The third-order valence-electron chi connectivity index (χ3n) is 5.24. The standard InChI is InChI=1S/C23H22N6O/c1-16(15-28-21-7-5-18(12-24)11-20(21)14-27-28)3-8-23(30)29-22(9-10-26-29)19-6-4-17(2)25-13-19/h4-7,10-11,13-14,22H,1,3,8-9,15H2,2H3. The number of aryl methyl sites for hydroxylation is 1. The van der Waals surface area contributed by atoms with Gasteiger partial charge < -0.3 is 0 Å².